The summed E-state index contributed by atoms with van der Waals surface area (Å²) in [4.78, 5) is 2.69. The molecule has 1 aliphatic rings. The van der Waals surface area contributed by atoms with Gasteiger partial charge in [-0.3, -0.25) is 4.90 Å². The maximum atomic E-state index is 5.47. The summed E-state index contributed by atoms with van der Waals surface area (Å²) < 4.78 is 5.47. The van der Waals surface area contributed by atoms with E-state index < -0.39 is 0 Å². The molecule has 1 fully saturated rings. The Morgan fingerprint density at radius 3 is 2.58 bits per heavy atom. The van der Waals surface area contributed by atoms with Gasteiger partial charge in [0.05, 0.1) is 0 Å². The van der Waals surface area contributed by atoms with Gasteiger partial charge in [0.1, 0.15) is 0 Å². The van der Waals surface area contributed by atoms with E-state index in [0.717, 1.165) is 38.0 Å². The van der Waals surface area contributed by atoms with E-state index in [9.17, 15) is 0 Å². The van der Waals surface area contributed by atoms with Gasteiger partial charge in [-0.2, -0.15) is 0 Å². The van der Waals surface area contributed by atoms with E-state index in [1.54, 1.807) is 0 Å². The van der Waals surface area contributed by atoms with Gasteiger partial charge in [-0.15, -0.1) is 0 Å². The van der Waals surface area contributed by atoms with Crippen LogP contribution in [0, 0.1) is 11.8 Å². The average molecular weight is 270 g/mol. The van der Waals surface area contributed by atoms with Crippen LogP contribution in [0.4, 0.5) is 0 Å². The topological polar surface area (TPSA) is 24.5 Å². The lowest BCUT2D eigenvalue weighted by atomic mass is 9.92. The van der Waals surface area contributed by atoms with Crippen LogP contribution >= 0.6 is 0 Å². The molecule has 0 bridgehead atoms. The minimum absolute atomic E-state index is 0.659. The monoisotopic (exact) mass is 270 g/mol. The standard InChI is InChI=1S/C16H34N2O/c1-6-14(5)15-12-18(9-8-10-19-7-2)16(11-17-15)13(3)4/h13-17H,6-12H2,1-5H3. The van der Waals surface area contributed by atoms with Crippen LogP contribution in [0.5, 0.6) is 0 Å². The summed E-state index contributed by atoms with van der Waals surface area (Å²) in [6.07, 6.45) is 2.42. The van der Waals surface area contributed by atoms with E-state index >= 15 is 0 Å². The summed E-state index contributed by atoms with van der Waals surface area (Å²) in [5.41, 5.74) is 0. The van der Waals surface area contributed by atoms with Crippen LogP contribution in [0.15, 0.2) is 0 Å². The Kier molecular flexibility index (Phi) is 7.96. The second-order valence-electron chi connectivity index (χ2n) is 6.26. The molecule has 3 nitrogen and oxygen atoms in total. The third-order valence-electron chi connectivity index (χ3n) is 4.53. The van der Waals surface area contributed by atoms with E-state index in [4.69, 9.17) is 4.74 Å². The van der Waals surface area contributed by atoms with Gasteiger partial charge in [0, 0.05) is 44.9 Å². The van der Waals surface area contributed by atoms with Gasteiger partial charge < -0.3 is 10.1 Å². The molecule has 0 aromatic carbocycles. The summed E-state index contributed by atoms with van der Waals surface area (Å²) >= 11 is 0. The Hall–Kier alpha value is -0.120. The van der Waals surface area contributed by atoms with Crippen molar-refractivity contribution >= 4 is 0 Å². The third-order valence-corrected chi connectivity index (χ3v) is 4.53. The van der Waals surface area contributed by atoms with Crippen molar-refractivity contribution in [3.63, 3.8) is 0 Å². The molecule has 1 aliphatic heterocycles. The van der Waals surface area contributed by atoms with Crippen molar-refractivity contribution in [2.24, 2.45) is 11.8 Å². The van der Waals surface area contributed by atoms with Crippen LogP contribution in [0.2, 0.25) is 0 Å². The normalized spacial score (nSPS) is 26.8. The van der Waals surface area contributed by atoms with E-state index in [1.165, 1.54) is 19.5 Å². The summed E-state index contributed by atoms with van der Waals surface area (Å²) in [7, 11) is 0. The van der Waals surface area contributed by atoms with E-state index in [2.05, 4.69) is 44.8 Å². The zero-order chi connectivity index (χ0) is 14.3. The highest BCUT2D eigenvalue weighted by Crippen LogP contribution is 2.20. The van der Waals surface area contributed by atoms with Crippen LogP contribution in [0.3, 0.4) is 0 Å². The van der Waals surface area contributed by atoms with Crippen molar-refractivity contribution in [3.05, 3.63) is 0 Å². The molecule has 3 unspecified atom stereocenters. The van der Waals surface area contributed by atoms with Gasteiger partial charge in [0.25, 0.3) is 0 Å². The SMILES string of the molecule is CCOCCCN1CC(C(C)CC)NCC1C(C)C. The predicted octanol–water partition coefficient (Wildman–Crippen LogP) is 2.76. The van der Waals surface area contributed by atoms with Crippen LogP contribution in [-0.2, 0) is 4.74 Å². The van der Waals surface area contributed by atoms with Crippen molar-refractivity contribution in [3.8, 4) is 0 Å². The van der Waals surface area contributed by atoms with Crippen molar-refractivity contribution < 1.29 is 4.74 Å². The number of nitrogens with one attached hydrogen (secondary N) is 1. The Morgan fingerprint density at radius 2 is 2.00 bits per heavy atom. The van der Waals surface area contributed by atoms with Crippen LogP contribution < -0.4 is 5.32 Å². The Bertz CT molecular complexity index is 233. The van der Waals surface area contributed by atoms with Crippen molar-refractivity contribution in [1.82, 2.24) is 10.2 Å². The first-order chi connectivity index (χ1) is 9.10. The molecule has 0 radical (unpaired) electrons. The number of piperazine rings is 1. The van der Waals surface area contributed by atoms with Crippen molar-refractivity contribution in [2.45, 2.75) is 59.5 Å². The molecule has 3 heteroatoms. The van der Waals surface area contributed by atoms with Gasteiger partial charge >= 0.3 is 0 Å². The lowest BCUT2D eigenvalue weighted by molar-refractivity contribution is 0.0664. The zero-order valence-electron chi connectivity index (χ0n) is 13.6. The fraction of sp³-hybridized carbons (Fsp3) is 1.00. The van der Waals surface area contributed by atoms with E-state index in [1.807, 2.05) is 0 Å². The zero-order valence-corrected chi connectivity index (χ0v) is 13.6. The third kappa shape index (κ3) is 5.41. The molecule has 0 spiro atoms. The van der Waals surface area contributed by atoms with Gasteiger partial charge in [-0.1, -0.05) is 34.1 Å². The van der Waals surface area contributed by atoms with Gasteiger partial charge in [0.2, 0.25) is 0 Å². The first kappa shape index (κ1) is 16.9. The van der Waals surface area contributed by atoms with Crippen molar-refractivity contribution in [2.75, 3.05) is 32.8 Å². The second kappa shape index (κ2) is 8.93. The van der Waals surface area contributed by atoms with Crippen molar-refractivity contribution in [1.29, 1.82) is 0 Å². The number of hydrogen-bond acceptors (Lipinski definition) is 3. The molecule has 0 amide bonds. The minimum atomic E-state index is 0.659. The lowest BCUT2D eigenvalue weighted by Gasteiger charge is -2.44. The first-order valence-corrected chi connectivity index (χ1v) is 8.15. The highest BCUT2D eigenvalue weighted by atomic mass is 16.5. The van der Waals surface area contributed by atoms with E-state index in [0.29, 0.717) is 12.1 Å². The largest absolute Gasteiger partial charge is 0.382 e. The molecule has 1 heterocycles. The number of hydrogen-bond donors (Lipinski definition) is 1. The van der Waals surface area contributed by atoms with Gasteiger partial charge in [-0.05, 0) is 25.2 Å². The highest BCUT2D eigenvalue weighted by molar-refractivity contribution is 4.89. The molecule has 1 N–H and O–H groups in total. The number of rotatable bonds is 8. The quantitative estimate of drug-likeness (QED) is 0.686. The Balaban J connectivity index is 2.48. The second-order valence-corrected chi connectivity index (χ2v) is 6.26. The first-order valence-electron chi connectivity index (χ1n) is 8.15. The molecule has 19 heavy (non-hydrogen) atoms. The van der Waals surface area contributed by atoms with Gasteiger partial charge in [0.15, 0.2) is 0 Å². The van der Waals surface area contributed by atoms with Gasteiger partial charge in [-0.25, -0.2) is 0 Å². The highest BCUT2D eigenvalue weighted by Gasteiger charge is 2.31. The average Bonchev–Trinajstić information content (AvgIpc) is 2.42. The van der Waals surface area contributed by atoms with Crippen LogP contribution in [0.25, 0.3) is 0 Å². The van der Waals surface area contributed by atoms with Crippen LogP contribution in [0.1, 0.15) is 47.5 Å². The fourth-order valence-corrected chi connectivity index (χ4v) is 2.95. The summed E-state index contributed by atoms with van der Waals surface area (Å²) in [5.74, 6) is 1.49. The molecule has 0 saturated carbocycles. The molecular formula is C16H34N2O. The molecule has 0 aromatic rings. The minimum Gasteiger partial charge on any atom is -0.382 e. The summed E-state index contributed by atoms with van der Waals surface area (Å²) in [6.45, 7) is 16.7. The molecule has 1 saturated heterocycles. The lowest BCUT2D eigenvalue weighted by Crippen LogP contribution is -2.60. The predicted molar refractivity (Wildman–Crippen MR) is 82.6 cm³/mol. The molecular weight excluding hydrogens is 236 g/mol. The smallest absolute Gasteiger partial charge is 0.0478 e. The maximum Gasteiger partial charge on any atom is 0.0478 e. The molecule has 0 aromatic heterocycles. The molecule has 114 valence electrons. The number of ether oxygens (including phenoxy) is 1. The molecule has 1 rings (SSSR count). The van der Waals surface area contributed by atoms with Crippen LogP contribution in [-0.4, -0.2) is 49.8 Å². The maximum absolute atomic E-state index is 5.47. The summed E-state index contributed by atoms with van der Waals surface area (Å²) in [5, 5.41) is 3.76. The Morgan fingerprint density at radius 1 is 1.26 bits per heavy atom. The number of nitrogens with zero attached hydrogens (tertiary/aromatic N) is 1. The molecule has 3 atom stereocenters. The fourth-order valence-electron chi connectivity index (χ4n) is 2.95. The van der Waals surface area contributed by atoms with E-state index in [-0.39, 0.29) is 0 Å². The summed E-state index contributed by atoms with van der Waals surface area (Å²) in [6, 6.07) is 1.34. The molecule has 0 aliphatic carbocycles. The Labute approximate surface area is 120 Å².